The van der Waals surface area contributed by atoms with Gasteiger partial charge in [-0.15, -0.1) is 0 Å². The van der Waals surface area contributed by atoms with E-state index in [2.05, 4.69) is 9.97 Å². The molecule has 3 heterocycles. The van der Waals surface area contributed by atoms with E-state index in [1.807, 2.05) is 26.0 Å². The lowest BCUT2D eigenvalue weighted by Crippen LogP contribution is -2.32. The van der Waals surface area contributed by atoms with E-state index in [1.165, 1.54) is 8.61 Å². The van der Waals surface area contributed by atoms with E-state index < -0.39 is 20.0 Å². The van der Waals surface area contributed by atoms with Crippen LogP contribution in [0.3, 0.4) is 0 Å². The van der Waals surface area contributed by atoms with Crippen LogP contribution in [0, 0.1) is 13.8 Å². The number of benzene rings is 2. The van der Waals surface area contributed by atoms with Crippen LogP contribution in [0.2, 0.25) is 0 Å². The van der Waals surface area contributed by atoms with Gasteiger partial charge in [-0.25, -0.2) is 16.8 Å². The summed E-state index contributed by atoms with van der Waals surface area (Å²) in [5.74, 6) is 0. The zero-order valence-electron chi connectivity index (χ0n) is 21.1. The van der Waals surface area contributed by atoms with Crippen molar-refractivity contribution in [3.8, 4) is 0 Å². The average Bonchev–Trinajstić information content (AvgIpc) is 2.88. The van der Waals surface area contributed by atoms with Gasteiger partial charge < -0.3 is 0 Å². The van der Waals surface area contributed by atoms with Crippen molar-refractivity contribution in [3.63, 3.8) is 0 Å². The van der Waals surface area contributed by atoms with Gasteiger partial charge >= 0.3 is 0 Å². The number of aryl methyl sites for hydroxylation is 2. The average molecular weight is 549 g/mol. The van der Waals surface area contributed by atoms with E-state index in [1.54, 1.807) is 73.3 Å². The molecule has 38 heavy (non-hydrogen) atoms. The third-order valence-corrected chi connectivity index (χ3v) is 10.1. The molecule has 8 nitrogen and oxygen atoms in total. The van der Waals surface area contributed by atoms with Crippen molar-refractivity contribution in [1.82, 2.24) is 18.6 Å². The Balaban J connectivity index is 1.57. The van der Waals surface area contributed by atoms with Gasteiger partial charge in [-0.2, -0.15) is 8.61 Å². The molecular formula is C28H28N4O4S2. The minimum absolute atomic E-state index is 0.0754. The van der Waals surface area contributed by atoms with E-state index in [0.29, 0.717) is 22.3 Å². The van der Waals surface area contributed by atoms with E-state index >= 15 is 0 Å². The van der Waals surface area contributed by atoms with Gasteiger partial charge in [0, 0.05) is 51.0 Å². The summed E-state index contributed by atoms with van der Waals surface area (Å²) in [7, 11) is -7.66. The number of aromatic nitrogens is 2. The number of sulfonamides is 2. The Morgan fingerprint density at radius 2 is 0.816 bits per heavy atom. The maximum absolute atomic E-state index is 13.7. The van der Waals surface area contributed by atoms with Gasteiger partial charge in [-0.05, 0) is 60.4 Å². The summed E-state index contributed by atoms with van der Waals surface area (Å²) in [5.41, 5.74) is 4.59. The van der Waals surface area contributed by atoms with Crippen LogP contribution in [0.25, 0.3) is 0 Å². The molecule has 1 aliphatic rings. The quantitative estimate of drug-likeness (QED) is 0.379. The number of pyridine rings is 2. The van der Waals surface area contributed by atoms with E-state index in [-0.39, 0.29) is 36.0 Å². The van der Waals surface area contributed by atoms with Crippen LogP contribution in [0.5, 0.6) is 0 Å². The molecular weight excluding hydrogens is 520 g/mol. The molecule has 10 heteroatoms. The van der Waals surface area contributed by atoms with Crippen molar-refractivity contribution in [3.05, 3.63) is 119 Å². The Morgan fingerprint density at radius 1 is 0.526 bits per heavy atom. The molecule has 0 aliphatic carbocycles. The highest BCUT2D eigenvalue weighted by Gasteiger charge is 2.28. The van der Waals surface area contributed by atoms with Gasteiger partial charge in [0.1, 0.15) is 0 Å². The normalized spacial score (nSPS) is 15.4. The van der Waals surface area contributed by atoms with E-state index in [9.17, 15) is 16.8 Å². The molecule has 0 radical (unpaired) electrons. The first-order chi connectivity index (χ1) is 18.1. The highest BCUT2D eigenvalue weighted by Crippen LogP contribution is 2.26. The summed E-state index contributed by atoms with van der Waals surface area (Å²) in [5, 5.41) is 0. The molecule has 2 aromatic heterocycles. The largest absolute Gasteiger partial charge is 0.264 e. The second kappa shape index (κ2) is 10.4. The van der Waals surface area contributed by atoms with Crippen molar-refractivity contribution in [2.24, 2.45) is 0 Å². The zero-order chi connectivity index (χ0) is 26.9. The number of hydrogen-bond donors (Lipinski definition) is 0. The van der Waals surface area contributed by atoms with Crippen molar-refractivity contribution in [2.45, 2.75) is 49.8 Å². The highest BCUT2D eigenvalue weighted by atomic mass is 32.2. The molecule has 4 bridgehead atoms. The van der Waals surface area contributed by atoms with Gasteiger partial charge in [-0.3, -0.25) is 9.97 Å². The SMILES string of the molecule is Cc1ccc(S(=O)(=O)N2Cc3cncc(c3)CN(S(=O)(=O)c3ccc(C)cc3)Cc3cncc(c3)C2)cc1. The fourth-order valence-corrected chi connectivity index (χ4v) is 7.25. The standard InChI is InChI=1S/C28H28N4O4S2/c1-21-3-7-27(8-4-21)37(33,34)31-17-23-11-25(15-29-13-23)19-32(20-26-12-24(18-31)14-30-16-26)38(35,36)28-9-5-22(2)6-10-28/h3-16H,17-20H2,1-2H3. The molecule has 5 rings (SSSR count). The lowest BCUT2D eigenvalue weighted by Gasteiger charge is -2.26. The van der Waals surface area contributed by atoms with Crippen LogP contribution in [-0.4, -0.2) is 35.4 Å². The molecule has 0 saturated heterocycles. The van der Waals surface area contributed by atoms with Gasteiger partial charge in [-0.1, -0.05) is 47.5 Å². The van der Waals surface area contributed by atoms with Crippen molar-refractivity contribution in [2.75, 3.05) is 0 Å². The summed E-state index contributed by atoms with van der Waals surface area (Å²) >= 11 is 0. The van der Waals surface area contributed by atoms with Crippen LogP contribution < -0.4 is 0 Å². The van der Waals surface area contributed by atoms with Gasteiger partial charge in [0.05, 0.1) is 9.79 Å². The van der Waals surface area contributed by atoms with Gasteiger partial charge in [0.2, 0.25) is 20.0 Å². The molecule has 0 saturated carbocycles. The minimum atomic E-state index is -3.83. The van der Waals surface area contributed by atoms with Crippen LogP contribution >= 0.6 is 0 Å². The molecule has 0 N–H and O–H groups in total. The first-order valence-electron chi connectivity index (χ1n) is 12.1. The molecule has 0 unspecified atom stereocenters. The third-order valence-electron chi connectivity index (χ3n) is 6.46. The maximum Gasteiger partial charge on any atom is 0.243 e. The molecule has 0 spiro atoms. The number of fused-ring (bicyclic) bond motifs is 4. The van der Waals surface area contributed by atoms with Crippen LogP contribution in [0.1, 0.15) is 33.4 Å². The molecule has 0 fully saturated rings. The zero-order valence-corrected chi connectivity index (χ0v) is 22.8. The summed E-state index contributed by atoms with van der Waals surface area (Å²) in [6.45, 7) is 4.11. The molecule has 2 aromatic carbocycles. The summed E-state index contributed by atoms with van der Waals surface area (Å²) in [6, 6.07) is 17.2. The van der Waals surface area contributed by atoms with Gasteiger partial charge in [0.15, 0.2) is 0 Å². The number of nitrogens with zero attached hydrogens (tertiary/aromatic N) is 4. The van der Waals surface area contributed by atoms with E-state index in [4.69, 9.17) is 0 Å². The molecule has 0 amide bonds. The molecule has 196 valence electrons. The lowest BCUT2D eigenvalue weighted by molar-refractivity contribution is 0.389. The Morgan fingerprint density at radius 3 is 1.11 bits per heavy atom. The predicted octanol–water partition coefficient (Wildman–Crippen LogP) is 4.19. The lowest BCUT2D eigenvalue weighted by atomic mass is 10.1. The fraction of sp³-hybridized carbons (Fsp3) is 0.214. The highest BCUT2D eigenvalue weighted by molar-refractivity contribution is 7.89. The minimum Gasteiger partial charge on any atom is -0.264 e. The second-order valence-corrected chi connectivity index (χ2v) is 13.5. The van der Waals surface area contributed by atoms with Crippen molar-refractivity contribution in [1.29, 1.82) is 0 Å². The van der Waals surface area contributed by atoms with Gasteiger partial charge in [0.25, 0.3) is 0 Å². The Bertz CT molecular complexity index is 1500. The summed E-state index contributed by atoms with van der Waals surface area (Å²) in [4.78, 5) is 9.03. The van der Waals surface area contributed by atoms with E-state index in [0.717, 1.165) is 11.1 Å². The van der Waals surface area contributed by atoms with Crippen molar-refractivity contribution >= 4 is 20.0 Å². The first-order valence-corrected chi connectivity index (χ1v) is 15.0. The first kappa shape index (κ1) is 26.2. The molecule has 4 aromatic rings. The Labute approximate surface area is 223 Å². The maximum atomic E-state index is 13.7. The second-order valence-electron chi connectivity index (χ2n) is 9.58. The molecule has 0 atom stereocenters. The number of rotatable bonds is 4. The summed E-state index contributed by atoms with van der Waals surface area (Å²) < 4.78 is 57.5. The molecule has 1 aliphatic heterocycles. The smallest absolute Gasteiger partial charge is 0.243 e. The fourth-order valence-electron chi connectivity index (χ4n) is 4.41. The number of hydrogen-bond acceptors (Lipinski definition) is 6. The van der Waals surface area contributed by atoms with Crippen LogP contribution in [-0.2, 0) is 46.2 Å². The van der Waals surface area contributed by atoms with Crippen LogP contribution in [0.4, 0.5) is 0 Å². The Kier molecular flexibility index (Phi) is 7.15. The monoisotopic (exact) mass is 548 g/mol. The summed E-state index contributed by atoms with van der Waals surface area (Å²) in [6.07, 6.45) is 6.45. The Hall–Kier alpha value is -3.44. The van der Waals surface area contributed by atoms with Crippen LogP contribution in [0.15, 0.2) is 95.2 Å². The van der Waals surface area contributed by atoms with Crippen molar-refractivity contribution < 1.29 is 16.8 Å². The predicted molar refractivity (Wildman–Crippen MR) is 144 cm³/mol. The third kappa shape index (κ3) is 5.53. The topological polar surface area (TPSA) is 101 Å².